The molecule has 0 unspecified atom stereocenters. The van der Waals surface area contributed by atoms with E-state index in [9.17, 15) is 20.1 Å². The number of hydrogen-bond acceptors (Lipinski definition) is 12. The fourth-order valence-corrected chi connectivity index (χ4v) is 25.3. The molecule has 0 atom stereocenters. The molecule has 1 aliphatic rings. The Balaban J connectivity index is 1.10. The normalized spacial score (nSPS) is 12.5. The second kappa shape index (κ2) is 56.9. The van der Waals surface area contributed by atoms with Crippen molar-refractivity contribution in [2.24, 2.45) is 0 Å². The summed E-state index contributed by atoms with van der Waals surface area (Å²) < 4.78 is 11.5. The summed E-state index contributed by atoms with van der Waals surface area (Å²) in [5.74, 6) is -1.03. The summed E-state index contributed by atoms with van der Waals surface area (Å²) in [7, 11) is 0. The summed E-state index contributed by atoms with van der Waals surface area (Å²) in [6.07, 6.45) is 68.3. The SMILES string of the molecule is CCCCCCCCOC(=O)/C(C#N)=C/c1cc(CCCCCCCC)c(-c2ccc(-c3sc(-c4ccc5c(c4)C(CCCCCCCC)(CCCCCCCC)c4cc(-c6cc(CCCCCCCC)c(-c7ccc(-c8sc(/C=C(\C#N)C(=O)OCCCCCCCC)cc8CCCCCCCC)s7)s6)ccc4-5)cc3CCCCCCCC)s2)s1. The Morgan fingerprint density at radius 2 is 0.562 bits per heavy atom. The van der Waals surface area contributed by atoms with Gasteiger partial charge in [-0.1, -0.05) is 349 Å². The predicted octanol–water partition coefficient (Wildman–Crippen LogP) is 37.1. The van der Waals surface area contributed by atoms with Crippen molar-refractivity contribution in [1.29, 1.82) is 10.5 Å². The van der Waals surface area contributed by atoms with Gasteiger partial charge in [0.1, 0.15) is 23.3 Å². The van der Waals surface area contributed by atoms with Gasteiger partial charge in [0.25, 0.3) is 0 Å². The highest BCUT2D eigenvalue weighted by Gasteiger charge is 2.43. The van der Waals surface area contributed by atoms with Crippen LogP contribution in [0.4, 0.5) is 0 Å². The highest BCUT2D eigenvalue weighted by atomic mass is 32.1. The zero-order valence-electron chi connectivity index (χ0n) is 76.3. The van der Waals surface area contributed by atoms with Crippen molar-refractivity contribution in [3.05, 3.63) is 139 Å². The topological polar surface area (TPSA) is 100 Å². The Kier molecular flexibility index (Phi) is 46.5. The zero-order chi connectivity index (χ0) is 85.5. The summed E-state index contributed by atoms with van der Waals surface area (Å²) in [4.78, 5) is 42.1. The molecule has 2 aromatic carbocycles. The molecule has 12 heteroatoms. The minimum atomic E-state index is -0.514. The number of benzene rings is 2. The van der Waals surface area contributed by atoms with Crippen LogP contribution in [0.3, 0.4) is 0 Å². The van der Waals surface area contributed by atoms with Crippen molar-refractivity contribution in [3.8, 4) is 83.2 Å². The Morgan fingerprint density at radius 1 is 0.298 bits per heavy atom. The lowest BCUT2D eigenvalue weighted by atomic mass is 9.70. The highest BCUT2D eigenvalue weighted by Crippen LogP contribution is 2.58. The Labute approximate surface area is 758 Å². The van der Waals surface area contributed by atoms with Crippen LogP contribution in [0, 0.1) is 22.7 Å². The molecule has 0 radical (unpaired) electrons. The van der Waals surface area contributed by atoms with Gasteiger partial charge >= 0.3 is 11.9 Å². The van der Waals surface area contributed by atoms with Crippen molar-refractivity contribution < 1.29 is 19.1 Å². The highest BCUT2D eigenvalue weighted by molar-refractivity contribution is 7.28. The largest absolute Gasteiger partial charge is 0.462 e. The van der Waals surface area contributed by atoms with Crippen LogP contribution in [0.5, 0.6) is 0 Å². The first kappa shape index (κ1) is 98.8. The average molecular weight is 1750 g/mol. The van der Waals surface area contributed by atoms with E-state index in [1.54, 1.807) is 46.0 Å². The molecule has 6 nitrogen and oxygen atoms in total. The van der Waals surface area contributed by atoms with E-state index in [4.69, 9.17) is 9.47 Å². The van der Waals surface area contributed by atoms with Crippen LogP contribution in [-0.4, -0.2) is 25.2 Å². The number of fused-ring (bicyclic) bond motifs is 3. The number of nitrogens with zero attached hydrogens (tertiary/aromatic N) is 2. The Hall–Kier alpha value is -5.96. The van der Waals surface area contributed by atoms with Crippen LogP contribution in [0.1, 0.15) is 420 Å². The molecular formula is C109H152N2O4S6. The molecule has 658 valence electrons. The van der Waals surface area contributed by atoms with Crippen molar-refractivity contribution in [2.45, 2.75) is 408 Å². The minimum Gasteiger partial charge on any atom is -0.462 e. The number of esters is 2. The maximum Gasteiger partial charge on any atom is 0.348 e. The third kappa shape index (κ3) is 31.2. The quantitative estimate of drug-likeness (QED) is 0.0163. The lowest BCUT2D eigenvalue weighted by Gasteiger charge is -2.33. The number of unbranched alkanes of at least 4 members (excludes halogenated alkanes) is 40. The smallest absolute Gasteiger partial charge is 0.348 e. The zero-order valence-corrected chi connectivity index (χ0v) is 81.2. The Bertz CT molecular complexity index is 4180. The van der Waals surface area contributed by atoms with Gasteiger partial charge in [0.05, 0.1) is 13.2 Å². The maximum absolute atomic E-state index is 13.5. The van der Waals surface area contributed by atoms with E-state index in [1.807, 2.05) is 45.3 Å². The summed E-state index contributed by atoms with van der Waals surface area (Å²) in [6, 6.07) is 39.2. The molecule has 1 aliphatic carbocycles. The van der Waals surface area contributed by atoms with Gasteiger partial charge in [-0.15, -0.1) is 68.0 Å². The summed E-state index contributed by atoms with van der Waals surface area (Å²) in [6.45, 7) is 19.0. The number of thiophene rings is 6. The second-order valence-electron chi connectivity index (χ2n) is 35.1. The minimum absolute atomic E-state index is 0.0798. The van der Waals surface area contributed by atoms with Crippen LogP contribution in [0.15, 0.2) is 96.1 Å². The number of carbonyl (C=O) groups is 2. The van der Waals surface area contributed by atoms with Gasteiger partial charge in [-0.3, -0.25) is 0 Å². The molecule has 0 N–H and O–H groups in total. The molecule has 0 saturated carbocycles. The van der Waals surface area contributed by atoms with Crippen LogP contribution < -0.4 is 0 Å². The molecule has 121 heavy (non-hydrogen) atoms. The van der Waals surface area contributed by atoms with Gasteiger partial charge < -0.3 is 9.47 Å². The van der Waals surface area contributed by atoms with Crippen molar-refractivity contribution in [1.82, 2.24) is 0 Å². The maximum atomic E-state index is 13.5. The van der Waals surface area contributed by atoms with E-state index in [-0.39, 0.29) is 16.6 Å². The predicted molar refractivity (Wildman–Crippen MR) is 533 cm³/mol. The molecule has 6 heterocycles. The lowest BCUT2D eigenvalue weighted by molar-refractivity contribution is -0.139. The molecule has 0 spiro atoms. The van der Waals surface area contributed by atoms with E-state index < -0.39 is 11.9 Å². The van der Waals surface area contributed by atoms with Gasteiger partial charge in [-0.2, -0.15) is 10.5 Å². The first-order valence-corrected chi connectivity index (χ1v) is 54.0. The van der Waals surface area contributed by atoms with Crippen LogP contribution in [0.2, 0.25) is 0 Å². The monoisotopic (exact) mass is 1750 g/mol. The fraction of sp³-hybridized carbons (Fsp3) is 0.596. The van der Waals surface area contributed by atoms with Gasteiger partial charge in [0.15, 0.2) is 0 Å². The van der Waals surface area contributed by atoms with E-state index in [2.05, 4.69) is 152 Å². The Morgan fingerprint density at radius 3 is 0.860 bits per heavy atom. The van der Waals surface area contributed by atoms with Crippen molar-refractivity contribution in [3.63, 3.8) is 0 Å². The van der Waals surface area contributed by atoms with E-state index in [0.717, 1.165) is 99.6 Å². The van der Waals surface area contributed by atoms with Crippen LogP contribution in [-0.2, 0) is 50.2 Å². The number of aryl methyl sites for hydroxylation is 4. The summed E-state index contributed by atoms with van der Waals surface area (Å²) in [5.41, 5.74) is 14.3. The van der Waals surface area contributed by atoms with Crippen molar-refractivity contribution in [2.75, 3.05) is 13.2 Å². The molecule has 0 fully saturated rings. The molecule has 8 aromatic rings. The van der Waals surface area contributed by atoms with E-state index in [0.29, 0.717) is 13.2 Å². The molecular weight excluding hydrogens is 1590 g/mol. The molecule has 0 aliphatic heterocycles. The number of ether oxygens (including phenoxy) is 2. The van der Waals surface area contributed by atoms with Crippen LogP contribution in [0.25, 0.3) is 83.2 Å². The average Bonchev–Trinajstić information content (AvgIpc) is 1.56. The number of hydrogen-bond donors (Lipinski definition) is 0. The third-order valence-electron chi connectivity index (χ3n) is 25.1. The van der Waals surface area contributed by atoms with Gasteiger partial charge in [0, 0.05) is 63.9 Å². The molecule has 6 aromatic heterocycles. The third-order valence-corrected chi connectivity index (χ3v) is 32.7. The summed E-state index contributed by atoms with van der Waals surface area (Å²) >= 11 is 11.3. The second-order valence-corrected chi connectivity index (χ2v) is 41.6. The van der Waals surface area contributed by atoms with Gasteiger partial charge in [0.2, 0.25) is 0 Å². The molecule has 0 amide bonds. The number of carbonyl (C=O) groups excluding carboxylic acids is 2. The summed E-state index contributed by atoms with van der Waals surface area (Å²) in [5, 5.41) is 20.8. The van der Waals surface area contributed by atoms with Crippen LogP contribution >= 0.6 is 68.0 Å². The van der Waals surface area contributed by atoms with E-state index in [1.165, 1.54) is 350 Å². The molecule has 0 saturated heterocycles. The number of nitriles is 2. The van der Waals surface area contributed by atoms with E-state index >= 15 is 0 Å². The standard InChI is InChI=1S/C109H152N2O4S6/c1-9-17-25-33-41-49-57-85-73-91(75-89(81-110)107(112)114-71-55-47-39-31-23-15-7)116-103(85)97-65-67-99(118-97)105-87(59-51-43-35-27-19-11-3)79-101(120-105)83-61-63-93-94-64-62-84(78-96(94)109(95(93)77-83,69-53-45-37-29-21-13-5)70-54-46-38-30-22-14-6)102-80-88(60-52-44-36-28-20-12-4)106(121-102)100-68-66-98(119-100)104-86(58-50-42-34-26-18-10-2)74-92(117-104)76-90(82-111)108(113)115-72-56-48-40-32-24-16-8/h61-68,73-80H,9-60,69-72H2,1-8H3/b89-75+,90-76+. The van der Waals surface area contributed by atoms with Gasteiger partial charge in [-0.05, 0) is 206 Å². The lowest BCUT2D eigenvalue weighted by Crippen LogP contribution is -2.25. The number of rotatable bonds is 66. The molecule has 9 rings (SSSR count). The first-order chi connectivity index (χ1) is 59.5. The van der Waals surface area contributed by atoms with Crippen molar-refractivity contribution >= 4 is 92.1 Å². The van der Waals surface area contributed by atoms with Gasteiger partial charge in [-0.25, -0.2) is 9.59 Å². The first-order valence-electron chi connectivity index (χ1n) is 49.1. The fourth-order valence-electron chi connectivity index (χ4n) is 18.0. The molecule has 0 bridgehead atoms.